The van der Waals surface area contributed by atoms with Gasteiger partial charge in [0.2, 0.25) is 0 Å². The van der Waals surface area contributed by atoms with Gasteiger partial charge in [0.15, 0.2) is 0 Å². The number of hydrogen-bond donors (Lipinski definition) is 1. The highest BCUT2D eigenvalue weighted by atomic mass is 19.4. The summed E-state index contributed by atoms with van der Waals surface area (Å²) in [4.78, 5) is 13.3. The molecule has 1 unspecified atom stereocenters. The summed E-state index contributed by atoms with van der Waals surface area (Å²) in [7, 11) is 0. The van der Waals surface area contributed by atoms with Crippen LogP contribution in [0.3, 0.4) is 0 Å². The summed E-state index contributed by atoms with van der Waals surface area (Å²) >= 11 is 0. The number of hydrogen-bond acceptors (Lipinski definition) is 5. The van der Waals surface area contributed by atoms with Crippen LogP contribution < -0.4 is 4.74 Å². The van der Waals surface area contributed by atoms with Crippen molar-refractivity contribution in [2.24, 2.45) is 23.2 Å². The molecule has 0 amide bonds. The Kier molecular flexibility index (Phi) is 6.43. The molecule has 39 heavy (non-hydrogen) atoms. The summed E-state index contributed by atoms with van der Waals surface area (Å²) in [5.41, 5.74) is 3.61. The topological polar surface area (TPSA) is 77.2 Å². The number of phenolic OH excluding ortho intramolecular Hbond substituents is 1. The molecular formula is C30H32F3N3O3. The lowest BCUT2D eigenvalue weighted by Crippen LogP contribution is -2.44. The first-order valence-corrected chi connectivity index (χ1v) is 13.7. The van der Waals surface area contributed by atoms with Crippen LogP contribution in [-0.4, -0.2) is 32.2 Å². The molecule has 9 heteroatoms. The van der Waals surface area contributed by atoms with Crippen molar-refractivity contribution in [1.82, 2.24) is 15.0 Å². The van der Waals surface area contributed by atoms with Crippen molar-refractivity contribution in [3.63, 3.8) is 0 Å². The molecule has 6 nitrogen and oxygen atoms in total. The molecule has 1 heterocycles. The smallest absolute Gasteiger partial charge is 0.508 e. The van der Waals surface area contributed by atoms with E-state index in [0.717, 1.165) is 38.5 Å². The first kappa shape index (κ1) is 25.9. The van der Waals surface area contributed by atoms with Crippen molar-refractivity contribution in [3.05, 3.63) is 59.8 Å². The predicted molar refractivity (Wildman–Crippen MR) is 138 cm³/mol. The average Bonchev–Trinajstić information content (AvgIpc) is 3.45. The Labute approximate surface area is 225 Å². The van der Waals surface area contributed by atoms with Crippen LogP contribution in [0.4, 0.5) is 13.2 Å². The number of ether oxygens (including phenoxy) is 1. The van der Waals surface area contributed by atoms with Gasteiger partial charge in [-0.2, -0.15) is 0 Å². The fraction of sp³-hybridized carbons (Fsp3) is 0.500. The molecule has 3 aliphatic carbocycles. The number of phenols is 1. The molecule has 3 aromatic rings. The number of aromatic hydroxyl groups is 1. The Morgan fingerprint density at radius 3 is 2.72 bits per heavy atom. The van der Waals surface area contributed by atoms with Gasteiger partial charge in [-0.15, -0.1) is 18.3 Å². The van der Waals surface area contributed by atoms with Crippen molar-refractivity contribution in [3.8, 4) is 22.8 Å². The third-order valence-corrected chi connectivity index (χ3v) is 9.44. The molecule has 6 rings (SSSR count). The molecule has 5 atom stereocenters. The van der Waals surface area contributed by atoms with E-state index in [4.69, 9.17) is 0 Å². The Morgan fingerprint density at radius 2 is 1.95 bits per heavy atom. The molecule has 0 aliphatic heterocycles. The summed E-state index contributed by atoms with van der Waals surface area (Å²) in [6, 6.07) is 11.4. The van der Waals surface area contributed by atoms with Crippen LogP contribution in [0, 0.1) is 23.2 Å². The second kappa shape index (κ2) is 9.68. The van der Waals surface area contributed by atoms with E-state index in [9.17, 15) is 23.1 Å². The van der Waals surface area contributed by atoms with Crippen molar-refractivity contribution in [1.29, 1.82) is 0 Å². The molecule has 1 N–H and O–H groups in total. The summed E-state index contributed by atoms with van der Waals surface area (Å²) < 4.78 is 42.9. The van der Waals surface area contributed by atoms with Gasteiger partial charge in [0.1, 0.15) is 23.0 Å². The molecule has 2 aromatic carbocycles. The van der Waals surface area contributed by atoms with Gasteiger partial charge < -0.3 is 9.84 Å². The van der Waals surface area contributed by atoms with Crippen LogP contribution >= 0.6 is 0 Å². The highest BCUT2D eigenvalue weighted by Crippen LogP contribution is 2.62. The zero-order valence-corrected chi connectivity index (χ0v) is 21.8. The standard InChI is InChI=1S/C30H32F3N3O3/c1-29-13-12-24-23-11-7-21(37)15-19(23)6-10-25(24)28(29)20(16-27(29)38)3-2-14-36-17-26(34-35-36)18-4-8-22(9-5-18)39-30(31,32)33/h4-5,7-9,11,15,17,20,24-25,28,37H,2-3,6,10,12-14,16H2,1H3/t20-,24-,25?,28+,29-/m1/s1. The third-order valence-electron chi connectivity index (χ3n) is 9.44. The number of halogens is 3. The number of carbonyl (C=O) groups excluding carboxylic acids is 1. The fourth-order valence-electron chi connectivity index (χ4n) is 7.78. The van der Waals surface area contributed by atoms with E-state index in [1.807, 2.05) is 6.07 Å². The van der Waals surface area contributed by atoms with Crippen LogP contribution in [0.2, 0.25) is 0 Å². The molecule has 0 bridgehead atoms. The number of nitrogens with zero attached hydrogens (tertiary/aromatic N) is 3. The van der Waals surface area contributed by atoms with Crippen LogP contribution in [0.25, 0.3) is 11.3 Å². The third kappa shape index (κ3) is 4.92. The van der Waals surface area contributed by atoms with Gasteiger partial charge in [0.25, 0.3) is 0 Å². The minimum absolute atomic E-state index is 0.247. The maximum Gasteiger partial charge on any atom is 0.573 e. The normalized spacial score (nSPS) is 28.1. The van der Waals surface area contributed by atoms with Crippen LogP contribution in [0.1, 0.15) is 62.5 Å². The SMILES string of the molecule is C[C@]12CC[C@@H]3c4ccc(O)cc4CCC3[C@@H]1[C@H](CCCn1cc(-c3ccc(OC(F)(F)F)cc3)nn1)CC2=O. The Hall–Kier alpha value is -3.36. The summed E-state index contributed by atoms with van der Waals surface area (Å²) in [6.45, 7) is 2.85. The van der Waals surface area contributed by atoms with Crippen LogP contribution in [0.5, 0.6) is 11.5 Å². The summed E-state index contributed by atoms with van der Waals surface area (Å²) in [6.07, 6.45) is 3.48. The van der Waals surface area contributed by atoms with E-state index in [-0.39, 0.29) is 11.2 Å². The van der Waals surface area contributed by atoms with E-state index in [2.05, 4.69) is 28.0 Å². The van der Waals surface area contributed by atoms with Crippen molar-refractivity contribution in [2.75, 3.05) is 0 Å². The van der Waals surface area contributed by atoms with Crippen LogP contribution in [-0.2, 0) is 17.8 Å². The number of alkyl halides is 3. The predicted octanol–water partition coefficient (Wildman–Crippen LogP) is 6.68. The van der Waals surface area contributed by atoms with Crippen LogP contribution in [0.15, 0.2) is 48.7 Å². The number of carbonyl (C=O) groups is 1. The zero-order valence-electron chi connectivity index (χ0n) is 21.8. The van der Waals surface area contributed by atoms with Gasteiger partial charge in [0, 0.05) is 23.9 Å². The molecule has 0 spiro atoms. The van der Waals surface area contributed by atoms with Gasteiger partial charge in [0.05, 0.1) is 6.20 Å². The van der Waals surface area contributed by atoms with Gasteiger partial charge in [-0.05, 0) is 110 Å². The lowest BCUT2D eigenvalue weighted by atomic mass is 9.54. The zero-order chi connectivity index (χ0) is 27.4. The first-order chi connectivity index (χ1) is 18.6. The minimum Gasteiger partial charge on any atom is -0.508 e. The van der Waals surface area contributed by atoms with Gasteiger partial charge >= 0.3 is 6.36 Å². The lowest BCUT2D eigenvalue weighted by molar-refractivity contribution is -0.274. The van der Waals surface area contributed by atoms with Gasteiger partial charge in [-0.25, -0.2) is 0 Å². The van der Waals surface area contributed by atoms with Crippen molar-refractivity contribution in [2.45, 2.75) is 70.7 Å². The maximum atomic E-state index is 13.3. The number of aryl methyl sites for hydroxylation is 2. The first-order valence-electron chi connectivity index (χ1n) is 13.7. The van der Waals surface area contributed by atoms with Gasteiger partial charge in [-0.1, -0.05) is 18.2 Å². The Bertz CT molecular complexity index is 1370. The monoisotopic (exact) mass is 539 g/mol. The van der Waals surface area contributed by atoms with Crippen molar-refractivity contribution >= 4 is 5.78 Å². The number of ketones is 1. The van der Waals surface area contributed by atoms with Gasteiger partial charge in [-0.3, -0.25) is 9.48 Å². The Balaban J connectivity index is 1.11. The molecule has 2 saturated carbocycles. The number of rotatable bonds is 6. The molecule has 3 aliphatic rings. The van der Waals surface area contributed by atoms with E-state index >= 15 is 0 Å². The Morgan fingerprint density at radius 1 is 1.15 bits per heavy atom. The number of Topliss-reactive ketones (excluding diaryl/α,β-unsaturated/α-hetero) is 1. The van der Waals surface area contributed by atoms with Crippen molar-refractivity contribution < 1.29 is 27.8 Å². The van der Waals surface area contributed by atoms with E-state index in [1.54, 1.807) is 16.9 Å². The summed E-state index contributed by atoms with van der Waals surface area (Å²) in [5, 5.41) is 18.4. The molecule has 1 aromatic heterocycles. The highest BCUT2D eigenvalue weighted by molar-refractivity contribution is 5.87. The highest BCUT2D eigenvalue weighted by Gasteiger charge is 2.58. The lowest BCUT2D eigenvalue weighted by Gasteiger charge is -2.50. The second-order valence-electron chi connectivity index (χ2n) is 11.6. The minimum atomic E-state index is -4.73. The maximum absolute atomic E-state index is 13.3. The number of fused-ring (bicyclic) bond motifs is 5. The largest absolute Gasteiger partial charge is 0.573 e. The quantitative estimate of drug-likeness (QED) is 0.378. The second-order valence-corrected chi connectivity index (χ2v) is 11.6. The fourth-order valence-corrected chi connectivity index (χ4v) is 7.78. The molecule has 0 radical (unpaired) electrons. The van der Waals surface area contributed by atoms with E-state index in [0.29, 0.717) is 59.4 Å². The molecule has 206 valence electrons. The number of benzene rings is 2. The molecule has 0 saturated heterocycles. The van der Waals surface area contributed by atoms with E-state index in [1.165, 1.54) is 35.4 Å². The summed E-state index contributed by atoms with van der Waals surface area (Å²) in [5.74, 6) is 2.11. The number of aromatic nitrogens is 3. The van der Waals surface area contributed by atoms with E-state index < -0.39 is 6.36 Å². The molecule has 2 fully saturated rings. The average molecular weight is 540 g/mol. The molecular weight excluding hydrogens is 507 g/mol.